The van der Waals surface area contributed by atoms with Gasteiger partial charge in [-0.3, -0.25) is 0 Å². The highest BCUT2D eigenvalue weighted by Gasteiger charge is 2.18. The van der Waals surface area contributed by atoms with Gasteiger partial charge in [0, 0.05) is 26.9 Å². The number of anilines is 1. The molecule has 1 heterocycles. The molecule has 106 valence electrons. The largest absolute Gasteiger partial charge is 0.462 e. The van der Waals surface area contributed by atoms with E-state index in [9.17, 15) is 9.90 Å². The van der Waals surface area contributed by atoms with E-state index in [1.54, 1.807) is 37.2 Å². The van der Waals surface area contributed by atoms with Crippen LogP contribution in [0.2, 0.25) is 0 Å². The van der Waals surface area contributed by atoms with Crippen molar-refractivity contribution in [1.82, 2.24) is 4.98 Å². The Kier molecular flexibility index (Phi) is 6.24. The van der Waals surface area contributed by atoms with Gasteiger partial charge >= 0.3 is 5.97 Å². The van der Waals surface area contributed by atoms with Crippen LogP contribution in [0.3, 0.4) is 0 Å². The van der Waals surface area contributed by atoms with Gasteiger partial charge in [0.15, 0.2) is 0 Å². The molecule has 0 aliphatic heterocycles. The third-order valence-corrected chi connectivity index (χ3v) is 2.49. The number of rotatable bonds is 7. The van der Waals surface area contributed by atoms with Crippen LogP contribution in [0.4, 0.5) is 5.82 Å². The molecule has 6 heteroatoms. The first-order valence-electron chi connectivity index (χ1n) is 6.10. The Labute approximate surface area is 113 Å². The van der Waals surface area contributed by atoms with Crippen LogP contribution < -0.4 is 4.90 Å². The molecule has 0 fully saturated rings. The fourth-order valence-electron chi connectivity index (χ4n) is 1.72. The number of carbonyl (C=O) groups is 1. The Morgan fingerprint density at radius 2 is 2.32 bits per heavy atom. The zero-order valence-electron chi connectivity index (χ0n) is 11.5. The van der Waals surface area contributed by atoms with E-state index in [1.807, 2.05) is 0 Å². The van der Waals surface area contributed by atoms with Gasteiger partial charge in [-0.25, -0.2) is 9.78 Å². The molecule has 0 radical (unpaired) electrons. The second-order valence-corrected chi connectivity index (χ2v) is 4.08. The van der Waals surface area contributed by atoms with E-state index in [0.717, 1.165) is 0 Å². The zero-order valence-corrected chi connectivity index (χ0v) is 11.5. The maximum absolute atomic E-state index is 11.8. The molecular weight excluding hydrogens is 248 g/mol. The molecule has 0 aliphatic carbocycles. The lowest BCUT2D eigenvalue weighted by molar-refractivity contribution is 0.0525. The number of carbonyl (C=O) groups excluding carboxylic acids is 1. The highest BCUT2D eigenvalue weighted by Crippen LogP contribution is 2.17. The van der Waals surface area contributed by atoms with Crippen molar-refractivity contribution in [2.24, 2.45) is 0 Å². The van der Waals surface area contributed by atoms with Gasteiger partial charge in [0.1, 0.15) is 11.4 Å². The quantitative estimate of drug-likeness (QED) is 0.734. The van der Waals surface area contributed by atoms with Crippen molar-refractivity contribution >= 4 is 11.8 Å². The van der Waals surface area contributed by atoms with Crippen LogP contribution in [0.5, 0.6) is 0 Å². The van der Waals surface area contributed by atoms with Crippen molar-refractivity contribution in [2.75, 3.05) is 38.8 Å². The van der Waals surface area contributed by atoms with Crippen LogP contribution in [-0.2, 0) is 9.47 Å². The second kappa shape index (κ2) is 7.70. The first-order chi connectivity index (χ1) is 9.10. The number of aliphatic hydroxyl groups is 1. The van der Waals surface area contributed by atoms with Crippen LogP contribution >= 0.6 is 0 Å². The Morgan fingerprint density at radius 1 is 1.58 bits per heavy atom. The molecule has 6 nitrogen and oxygen atoms in total. The van der Waals surface area contributed by atoms with Crippen LogP contribution in [0, 0.1) is 0 Å². The molecule has 19 heavy (non-hydrogen) atoms. The molecule has 1 aromatic rings. The number of aliphatic hydroxyl groups excluding tert-OH is 1. The molecule has 1 unspecified atom stereocenters. The maximum atomic E-state index is 11.8. The summed E-state index contributed by atoms with van der Waals surface area (Å²) < 4.78 is 9.85. The molecule has 0 spiro atoms. The number of hydrogen-bond acceptors (Lipinski definition) is 6. The Bertz CT molecular complexity index is 411. The highest BCUT2D eigenvalue weighted by atomic mass is 16.5. The van der Waals surface area contributed by atoms with Gasteiger partial charge in [-0.1, -0.05) is 0 Å². The fourth-order valence-corrected chi connectivity index (χ4v) is 1.72. The van der Waals surface area contributed by atoms with E-state index in [-0.39, 0.29) is 6.61 Å². The normalized spacial score (nSPS) is 12.0. The van der Waals surface area contributed by atoms with Gasteiger partial charge in [0.05, 0.1) is 19.3 Å². The molecule has 0 aliphatic rings. The summed E-state index contributed by atoms with van der Waals surface area (Å²) in [6.07, 6.45) is 0.948. The molecule has 0 bridgehead atoms. The van der Waals surface area contributed by atoms with Gasteiger partial charge in [-0.05, 0) is 19.1 Å². The van der Waals surface area contributed by atoms with Crippen LogP contribution in [0.25, 0.3) is 0 Å². The lowest BCUT2D eigenvalue weighted by Gasteiger charge is -2.23. The van der Waals surface area contributed by atoms with Gasteiger partial charge in [0.25, 0.3) is 0 Å². The van der Waals surface area contributed by atoms with E-state index in [2.05, 4.69) is 4.98 Å². The minimum Gasteiger partial charge on any atom is -0.462 e. The summed E-state index contributed by atoms with van der Waals surface area (Å²) in [5, 5.41) is 9.70. The smallest absolute Gasteiger partial charge is 0.341 e. The maximum Gasteiger partial charge on any atom is 0.341 e. The number of nitrogens with zero attached hydrogens (tertiary/aromatic N) is 2. The number of likely N-dealkylation sites (N-methyl/N-ethyl adjacent to an activating group) is 1. The minimum absolute atomic E-state index is 0.228. The summed E-state index contributed by atoms with van der Waals surface area (Å²) in [6.45, 7) is 2.60. The van der Waals surface area contributed by atoms with Crippen molar-refractivity contribution in [1.29, 1.82) is 0 Å². The lowest BCUT2D eigenvalue weighted by atomic mass is 10.2. The van der Waals surface area contributed by atoms with E-state index in [4.69, 9.17) is 9.47 Å². The number of hydrogen-bond donors (Lipinski definition) is 1. The minimum atomic E-state index is -0.646. The van der Waals surface area contributed by atoms with Crippen molar-refractivity contribution in [3.05, 3.63) is 23.9 Å². The Morgan fingerprint density at radius 3 is 2.95 bits per heavy atom. The van der Waals surface area contributed by atoms with Crippen LogP contribution in [-0.4, -0.2) is 56.1 Å². The highest BCUT2D eigenvalue weighted by molar-refractivity contribution is 5.94. The van der Waals surface area contributed by atoms with Crippen molar-refractivity contribution in [3.63, 3.8) is 0 Å². The molecule has 0 amide bonds. The fraction of sp³-hybridized carbons (Fsp3) is 0.538. The number of esters is 1. The molecule has 0 saturated carbocycles. The SMILES string of the molecule is CCOC(=O)c1cccnc1N(C)CC(O)COC. The van der Waals surface area contributed by atoms with Crippen molar-refractivity contribution < 1.29 is 19.4 Å². The summed E-state index contributed by atoms with van der Waals surface area (Å²) in [4.78, 5) is 17.7. The molecule has 1 atom stereocenters. The van der Waals surface area contributed by atoms with Crippen LogP contribution in [0.1, 0.15) is 17.3 Å². The molecule has 1 N–H and O–H groups in total. The van der Waals surface area contributed by atoms with E-state index >= 15 is 0 Å². The molecular formula is C13H20N2O4. The third kappa shape index (κ3) is 4.50. The first kappa shape index (κ1) is 15.4. The second-order valence-electron chi connectivity index (χ2n) is 4.08. The number of aromatic nitrogens is 1. The Balaban J connectivity index is 2.84. The summed E-state index contributed by atoms with van der Waals surface area (Å²) in [5.41, 5.74) is 0.386. The standard InChI is InChI=1S/C13H20N2O4/c1-4-19-13(17)11-6-5-7-14-12(11)15(2)8-10(16)9-18-3/h5-7,10,16H,4,8-9H2,1-3H3. The number of methoxy groups -OCH3 is 1. The Hall–Kier alpha value is -1.66. The van der Waals surface area contributed by atoms with Crippen molar-refractivity contribution in [3.8, 4) is 0 Å². The van der Waals surface area contributed by atoms with Gasteiger partial charge in [-0.2, -0.15) is 0 Å². The van der Waals surface area contributed by atoms with E-state index in [1.165, 1.54) is 7.11 Å². The monoisotopic (exact) mass is 268 g/mol. The van der Waals surface area contributed by atoms with Crippen LogP contribution in [0.15, 0.2) is 18.3 Å². The number of ether oxygens (including phenoxy) is 2. The predicted octanol–water partition coefficient (Wildman–Crippen LogP) is 0.702. The average molecular weight is 268 g/mol. The number of pyridine rings is 1. The average Bonchev–Trinajstić information content (AvgIpc) is 2.39. The van der Waals surface area contributed by atoms with E-state index < -0.39 is 12.1 Å². The summed E-state index contributed by atoms with van der Waals surface area (Å²) in [7, 11) is 3.28. The van der Waals surface area contributed by atoms with Gasteiger partial charge in [-0.15, -0.1) is 0 Å². The van der Waals surface area contributed by atoms with Crippen molar-refractivity contribution in [2.45, 2.75) is 13.0 Å². The lowest BCUT2D eigenvalue weighted by Crippen LogP contribution is -2.33. The topological polar surface area (TPSA) is 71.9 Å². The molecule has 0 aromatic carbocycles. The van der Waals surface area contributed by atoms with E-state index in [0.29, 0.717) is 24.5 Å². The van der Waals surface area contributed by atoms with Gasteiger partial charge in [0.2, 0.25) is 0 Å². The molecule has 1 rings (SSSR count). The summed E-state index contributed by atoms with van der Waals surface area (Å²) >= 11 is 0. The van der Waals surface area contributed by atoms with Gasteiger partial charge < -0.3 is 19.5 Å². The summed E-state index contributed by atoms with van der Waals surface area (Å²) in [6, 6.07) is 3.33. The summed E-state index contributed by atoms with van der Waals surface area (Å²) in [5.74, 6) is 0.0646. The first-order valence-corrected chi connectivity index (χ1v) is 6.10. The predicted molar refractivity (Wildman–Crippen MR) is 71.3 cm³/mol. The molecule has 1 aromatic heterocycles. The third-order valence-electron chi connectivity index (χ3n) is 2.49. The molecule has 0 saturated heterocycles. The zero-order chi connectivity index (χ0) is 14.3.